The quantitative estimate of drug-likeness (QED) is 0.888. The Morgan fingerprint density at radius 1 is 1.32 bits per heavy atom. The van der Waals surface area contributed by atoms with Crippen molar-refractivity contribution in [2.45, 2.75) is 49.1 Å². The number of carbonyl (C=O) groups is 1. The number of hydrogen-bond acceptors (Lipinski definition) is 5. The summed E-state index contributed by atoms with van der Waals surface area (Å²) in [6.07, 6.45) is 9.53. The summed E-state index contributed by atoms with van der Waals surface area (Å²) in [5.74, 6) is 0.435. The normalized spacial score (nSPS) is 20.3. The zero-order valence-electron chi connectivity index (χ0n) is 14.9. The predicted octanol–water partition coefficient (Wildman–Crippen LogP) is 2.97. The van der Waals surface area contributed by atoms with E-state index in [4.69, 9.17) is 4.74 Å². The highest BCUT2D eigenvalue weighted by Crippen LogP contribution is 2.33. The van der Waals surface area contributed by atoms with E-state index in [1.165, 1.54) is 0 Å². The van der Waals surface area contributed by atoms with E-state index in [2.05, 4.69) is 19.9 Å². The third-order valence-electron chi connectivity index (χ3n) is 4.53. The zero-order chi connectivity index (χ0) is 17.8. The second-order valence-electron chi connectivity index (χ2n) is 6.41. The van der Waals surface area contributed by atoms with Gasteiger partial charge in [0.2, 0.25) is 0 Å². The standard InChI is InChI=1S/C18H24N4O2S/c1-12-10-15(16(24-3)11-20-12)17(23)21-13-4-6-14(7-5-13)25-18-19-8-9-22(18)2/h8-11,13-14H,4-7H2,1-3H3,(H,21,23). The fourth-order valence-corrected chi connectivity index (χ4v) is 4.24. The van der Waals surface area contributed by atoms with Crippen LogP contribution in [0.4, 0.5) is 0 Å². The van der Waals surface area contributed by atoms with Gasteiger partial charge in [0.25, 0.3) is 5.91 Å². The number of ether oxygens (including phenoxy) is 1. The second-order valence-corrected chi connectivity index (χ2v) is 7.68. The van der Waals surface area contributed by atoms with Crippen LogP contribution in [-0.2, 0) is 7.05 Å². The maximum absolute atomic E-state index is 12.6. The summed E-state index contributed by atoms with van der Waals surface area (Å²) in [6.45, 7) is 1.87. The molecule has 6 nitrogen and oxygen atoms in total. The van der Waals surface area contributed by atoms with Crippen LogP contribution in [-0.4, -0.2) is 38.8 Å². The summed E-state index contributed by atoms with van der Waals surface area (Å²) >= 11 is 1.83. The highest BCUT2D eigenvalue weighted by atomic mass is 32.2. The Labute approximate surface area is 152 Å². The first-order chi connectivity index (χ1) is 12.1. The van der Waals surface area contributed by atoms with Gasteiger partial charge in [-0.05, 0) is 38.7 Å². The number of thioether (sulfide) groups is 1. The number of aromatic nitrogens is 3. The highest BCUT2D eigenvalue weighted by Gasteiger charge is 2.25. The molecule has 1 aliphatic rings. The van der Waals surface area contributed by atoms with Gasteiger partial charge in [-0.25, -0.2) is 4.98 Å². The fraction of sp³-hybridized carbons (Fsp3) is 0.500. The van der Waals surface area contributed by atoms with E-state index in [0.29, 0.717) is 16.6 Å². The molecule has 2 heterocycles. The molecule has 0 aliphatic heterocycles. The Hall–Kier alpha value is -2.02. The molecule has 0 bridgehead atoms. The molecule has 2 aromatic heterocycles. The highest BCUT2D eigenvalue weighted by molar-refractivity contribution is 7.99. The van der Waals surface area contributed by atoms with Gasteiger partial charge >= 0.3 is 0 Å². The van der Waals surface area contributed by atoms with Crippen molar-refractivity contribution in [2.75, 3.05) is 7.11 Å². The Kier molecular flexibility index (Phi) is 5.63. The van der Waals surface area contributed by atoms with Crippen molar-refractivity contribution in [3.05, 3.63) is 35.9 Å². The first-order valence-corrected chi connectivity index (χ1v) is 9.40. The van der Waals surface area contributed by atoms with E-state index in [1.807, 2.05) is 38.1 Å². The van der Waals surface area contributed by atoms with Crippen LogP contribution in [0.3, 0.4) is 0 Å². The summed E-state index contributed by atoms with van der Waals surface area (Å²) in [7, 11) is 3.58. The first-order valence-electron chi connectivity index (χ1n) is 8.52. The van der Waals surface area contributed by atoms with Crippen LogP contribution in [0.15, 0.2) is 29.8 Å². The van der Waals surface area contributed by atoms with Crippen LogP contribution in [0, 0.1) is 6.92 Å². The van der Waals surface area contributed by atoms with Crippen molar-refractivity contribution in [2.24, 2.45) is 7.05 Å². The van der Waals surface area contributed by atoms with Crippen LogP contribution >= 0.6 is 11.8 Å². The second kappa shape index (κ2) is 7.91. The molecule has 0 unspecified atom stereocenters. The smallest absolute Gasteiger partial charge is 0.255 e. The van der Waals surface area contributed by atoms with E-state index in [0.717, 1.165) is 36.5 Å². The molecule has 1 amide bonds. The van der Waals surface area contributed by atoms with Gasteiger partial charge in [0.15, 0.2) is 5.16 Å². The molecule has 2 aromatic rings. The SMILES string of the molecule is COc1cnc(C)cc1C(=O)NC1CCC(Sc2nccn2C)CC1. The van der Waals surface area contributed by atoms with E-state index in [1.54, 1.807) is 19.4 Å². The van der Waals surface area contributed by atoms with Crippen molar-refractivity contribution in [1.82, 2.24) is 19.9 Å². The van der Waals surface area contributed by atoms with Gasteiger partial charge in [-0.2, -0.15) is 0 Å². The number of pyridine rings is 1. The number of imidazole rings is 1. The van der Waals surface area contributed by atoms with E-state index in [-0.39, 0.29) is 11.9 Å². The Morgan fingerprint density at radius 3 is 2.72 bits per heavy atom. The van der Waals surface area contributed by atoms with Crippen molar-refractivity contribution >= 4 is 17.7 Å². The third-order valence-corrected chi connectivity index (χ3v) is 5.94. The Bertz CT molecular complexity index is 738. The van der Waals surface area contributed by atoms with Gasteiger partial charge in [-0.15, -0.1) is 0 Å². The number of methoxy groups -OCH3 is 1. The van der Waals surface area contributed by atoms with E-state index < -0.39 is 0 Å². The molecule has 0 atom stereocenters. The lowest BCUT2D eigenvalue weighted by Crippen LogP contribution is -2.38. The van der Waals surface area contributed by atoms with Crippen LogP contribution in [0.25, 0.3) is 0 Å². The van der Waals surface area contributed by atoms with Gasteiger partial charge < -0.3 is 14.6 Å². The number of nitrogens with one attached hydrogen (secondary N) is 1. The molecule has 1 saturated carbocycles. The monoisotopic (exact) mass is 360 g/mol. The maximum Gasteiger partial charge on any atom is 0.255 e. The molecule has 0 spiro atoms. The zero-order valence-corrected chi connectivity index (χ0v) is 15.7. The molecule has 1 N–H and O–H groups in total. The summed E-state index contributed by atoms with van der Waals surface area (Å²) in [6, 6.07) is 1.99. The lowest BCUT2D eigenvalue weighted by molar-refractivity contribution is 0.0925. The van der Waals surface area contributed by atoms with Crippen molar-refractivity contribution in [3.63, 3.8) is 0 Å². The number of nitrogens with zero attached hydrogens (tertiary/aromatic N) is 3. The lowest BCUT2D eigenvalue weighted by Gasteiger charge is -2.28. The van der Waals surface area contributed by atoms with Crippen molar-refractivity contribution in [1.29, 1.82) is 0 Å². The van der Waals surface area contributed by atoms with Gasteiger partial charge in [0.05, 0.1) is 18.9 Å². The largest absolute Gasteiger partial charge is 0.494 e. The molecule has 7 heteroatoms. The number of carbonyl (C=O) groups excluding carboxylic acids is 1. The van der Waals surface area contributed by atoms with Crippen LogP contribution < -0.4 is 10.1 Å². The Balaban J connectivity index is 1.54. The molecule has 0 radical (unpaired) electrons. The van der Waals surface area contributed by atoms with Crippen LogP contribution in [0.5, 0.6) is 5.75 Å². The number of amides is 1. The minimum absolute atomic E-state index is 0.0810. The fourth-order valence-electron chi connectivity index (χ4n) is 3.09. The number of aryl methyl sites for hydroxylation is 2. The topological polar surface area (TPSA) is 69.0 Å². The van der Waals surface area contributed by atoms with Gasteiger partial charge in [0, 0.05) is 36.4 Å². The maximum atomic E-state index is 12.6. The summed E-state index contributed by atoms with van der Waals surface area (Å²) in [4.78, 5) is 21.1. The Morgan fingerprint density at radius 2 is 2.08 bits per heavy atom. The minimum atomic E-state index is -0.0810. The predicted molar refractivity (Wildman–Crippen MR) is 98.1 cm³/mol. The van der Waals surface area contributed by atoms with Crippen molar-refractivity contribution < 1.29 is 9.53 Å². The number of hydrogen-bond donors (Lipinski definition) is 1. The summed E-state index contributed by atoms with van der Waals surface area (Å²) in [5, 5.41) is 4.77. The van der Waals surface area contributed by atoms with E-state index in [9.17, 15) is 4.79 Å². The molecule has 3 rings (SSSR count). The average Bonchev–Trinajstić information content (AvgIpc) is 3.01. The van der Waals surface area contributed by atoms with E-state index >= 15 is 0 Å². The number of rotatable bonds is 5. The summed E-state index contributed by atoms with van der Waals surface area (Å²) < 4.78 is 7.31. The van der Waals surface area contributed by atoms with Gasteiger partial charge in [-0.3, -0.25) is 9.78 Å². The lowest BCUT2D eigenvalue weighted by atomic mass is 9.94. The molecule has 0 aromatic carbocycles. The molecular weight excluding hydrogens is 336 g/mol. The average molecular weight is 360 g/mol. The van der Waals surface area contributed by atoms with Gasteiger partial charge in [-0.1, -0.05) is 11.8 Å². The van der Waals surface area contributed by atoms with Crippen molar-refractivity contribution in [3.8, 4) is 5.75 Å². The first kappa shape index (κ1) is 17.8. The molecule has 134 valence electrons. The summed E-state index contributed by atoms with van der Waals surface area (Å²) in [5.41, 5.74) is 1.36. The molecular formula is C18H24N4O2S. The molecule has 1 aliphatic carbocycles. The van der Waals surface area contributed by atoms with Crippen LogP contribution in [0.1, 0.15) is 41.7 Å². The third kappa shape index (κ3) is 4.34. The van der Waals surface area contributed by atoms with Crippen LogP contribution in [0.2, 0.25) is 0 Å². The minimum Gasteiger partial charge on any atom is -0.494 e. The molecule has 25 heavy (non-hydrogen) atoms. The van der Waals surface area contributed by atoms with Gasteiger partial charge in [0.1, 0.15) is 5.75 Å². The molecule has 0 saturated heterocycles. The molecule has 1 fully saturated rings.